The second-order valence-electron chi connectivity index (χ2n) is 6.83. The van der Waals surface area contributed by atoms with Crippen molar-refractivity contribution in [2.75, 3.05) is 12.1 Å². The lowest BCUT2D eigenvalue weighted by Crippen LogP contribution is -2.22. The molecule has 31 heavy (non-hydrogen) atoms. The van der Waals surface area contributed by atoms with Gasteiger partial charge in [0.05, 0.1) is 10.6 Å². The molecule has 0 saturated heterocycles. The van der Waals surface area contributed by atoms with Gasteiger partial charge >= 0.3 is 0 Å². The summed E-state index contributed by atoms with van der Waals surface area (Å²) in [7, 11) is 0. The number of carbonyl (C=O) groups is 1. The van der Waals surface area contributed by atoms with Gasteiger partial charge in [0.15, 0.2) is 11.5 Å². The monoisotopic (exact) mass is 453 g/mol. The highest BCUT2D eigenvalue weighted by Crippen LogP contribution is 2.39. The molecule has 6 nitrogen and oxygen atoms in total. The molecule has 2 aromatic carbocycles. The first-order valence-electron chi connectivity index (χ1n) is 9.44. The zero-order chi connectivity index (χ0) is 21.4. The molecule has 156 valence electrons. The summed E-state index contributed by atoms with van der Waals surface area (Å²) in [6.07, 6.45) is 1.50. The number of rotatable bonds is 5. The van der Waals surface area contributed by atoms with Crippen LogP contribution in [0.2, 0.25) is 0 Å². The second-order valence-corrected chi connectivity index (χ2v) is 9.02. The van der Waals surface area contributed by atoms with Crippen molar-refractivity contribution in [3.8, 4) is 22.6 Å². The molecule has 5 rings (SSSR count). The maximum atomic E-state index is 13.3. The molecule has 1 unspecified atom stereocenters. The van der Waals surface area contributed by atoms with Gasteiger partial charge < -0.3 is 14.8 Å². The summed E-state index contributed by atoms with van der Waals surface area (Å²) < 4.78 is 24.0. The van der Waals surface area contributed by atoms with E-state index in [2.05, 4.69) is 15.3 Å². The van der Waals surface area contributed by atoms with Crippen LogP contribution in [-0.2, 0) is 4.79 Å². The number of fused-ring (bicyclic) bond motifs is 2. The molecular formula is C22H16FN3O3S2. The van der Waals surface area contributed by atoms with Gasteiger partial charge in [-0.1, -0.05) is 23.9 Å². The number of nitrogens with one attached hydrogen (secondary N) is 1. The molecule has 1 atom stereocenters. The Labute approximate surface area is 185 Å². The van der Waals surface area contributed by atoms with Gasteiger partial charge in [0.25, 0.3) is 0 Å². The van der Waals surface area contributed by atoms with E-state index in [1.165, 1.54) is 41.6 Å². The Morgan fingerprint density at radius 1 is 1.16 bits per heavy atom. The Hall–Kier alpha value is -3.17. The molecule has 0 fully saturated rings. The van der Waals surface area contributed by atoms with Crippen molar-refractivity contribution in [1.82, 2.24) is 9.97 Å². The van der Waals surface area contributed by atoms with Crippen LogP contribution in [0.5, 0.6) is 11.5 Å². The first-order valence-corrected chi connectivity index (χ1v) is 11.2. The van der Waals surface area contributed by atoms with E-state index in [9.17, 15) is 9.18 Å². The number of benzene rings is 2. The fraction of sp³-hybridized carbons (Fsp3) is 0.136. The highest BCUT2D eigenvalue weighted by atomic mass is 32.2. The summed E-state index contributed by atoms with van der Waals surface area (Å²) in [6.45, 7) is 2.00. The van der Waals surface area contributed by atoms with E-state index in [0.29, 0.717) is 22.2 Å². The van der Waals surface area contributed by atoms with Crippen LogP contribution in [0.4, 0.5) is 10.1 Å². The normalized spacial score (nSPS) is 13.4. The number of thiophene rings is 1. The van der Waals surface area contributed by atoms with Crippen molar-refractivity contribution in [3.05, 3.63) is 60.0 Å². The van der Waals surface area contributed by atoms with Crippen molar-refractivity contribution in [2.45, 2.75) is 17.2 Å². The number of thioether (sulfide) groups is 1. The fourth-order valence-corrected chi connectivity index (χ4v) is 5.13. The lowest BCUT2D eigenvalue weighted by Gasteiger charge is -2.13. The van der Waals surface area contributed by atoms with Gasteiger partial charge in [-0.15, -0.1) is 11.3 Å². The smallest absolute Gasteiger partial charge is 0.237 e. The number of hydrogen-bond donors (Lipinski definition) is 1. The van der Waals surface area contributed by atoms with Crippen molar-refractivity contribution >= 4 is 44.9 Å². The Morgan fingerprint density at radius 2 is 1.97 bits per heavy atom. The number of halogens is 1. The molecule has 0 aliphatic carbocycles. The highest BCUT2D eigenvalue weighted by molar-refractivity contribution is 8.00. The van der Waals surface area contributed by atoms with Gasteiger partial charge in [0.2, 0.25) is 12.7 Å². The van der Waals surface area contributed by atoms with Crippen LogP contribution in [0.15, 0.2) is 59.2 Å². The van der Waals surface area contributed by atoms with E-state index in [-0.39, 0.29) is 18.5 Å². The summed E-state index contributed by atoms with van der Waals surface area (Å²) in [6, 6.07) is 11.6. The largest absolute Gasteiger partial charge is 0.454 e. The zero-order valence-electron chi connectivity index (χ0n) is 16.3. The summed E-state index contributed by atoms with van der Waals surface area (Å²) in [5.74, 6) is 0.824. The molecule has 1 amide bonds. The third kappa shape index (κ3) is 3.94. The topological polar surface area (TPSA) is 73.3 Å². The van der Waals surface area contributed by atoms with Gasteiger partial charge in [-0.05, 0) is 36.8 Å². The minimum absolute atomic E-state index is 0.158. The number of anilines is 1. The van der Waals surface area contributed by atoms with Gasteiger partial charge in [0, 0.05) is 22.7 Å². The van der Waals surface area contributed by atoms with Gasteiger partial charge in [-0.25, -0.2) is 14.4 Å². The number of amides is 1. The lowest BCUT2D eigenvalue weighted by molar-refractivity contribution is -0.115. The Morgan fingerprint density at radius 3 is 2.81 bits per heavy atom. The van der Waals surface area contributed by atoms with Gasteiger partial charge in [-0.2, -0.15) is 0 Å². The molecule has 0 spiro atoms. The first-order chi connectivity index (χ1) is 15.1. The molecular weight excluding hydrogens is 437 g/mol. The SMILES string of the molecule is CC(Sc1ncnc2scc(-c3ccc(F)cc3)c12)C(=O)Nc1ccc2c(c1)OCO2. The average molecular weight is 454 g/mol. The van der Waals surface area contributed by atoms with E-state index in [1.807, 2.05) is 12.3 Å². The van der Waals surface area contributed by atoms with Crippen LogP contribution in [-0.4, -0.2) is 27.9 Å². The maximum Gasteiger partial charge on any atom is 0.237 e. The van der Waals surface area contributed by atoms with Crippen LogP contribution in [0.25, 0.3) is 21.3 Å². The molecule has 1 aliphatic heterocycles. The van der Waals surface area contributed by atoms with E-state index >= 15 is 0 Å². The van der Waals surface area contributed by atoms with Crippen LogP contribution in [0.1, 0.15) is 6.92 Å². The predicted octanol–water partition coefficient (Wildman–Crippen LogP) is 5.35. The fourth-order valence-electron chi connectivity index (χ4n) is 3.22. The van der Waals surface area contributed by atoms with Crippen LogP contribution in [0, 0.1) is 5.82 Å². The first kappa shape index (κ1) is 19.8. The van der Waals surface area contributed by atoms with Crippen molar-refractivity contribution in [3.63, 3.8) is 0 Å². The zero-order valence-corrected chi connectivity index (χ0v) is 17.9. The molecule has 1 aliphatic rings. The van der Waals surface area contributed by atoms with E-state index in [0.717, 1.165) is 21.3 Å². The minimum atomic E-state index is -0.413. The van der Waals surface area contributed by atoms with Crippen LogP contribution >= 0.6 is 23.1 Å². The standard InChI is InChI=1S/C22H16FN3O3S2/c1-12(20(27)26-15-6-7-17-18(8-15)29-11-28-17)31-22-19-16(9-30-21(19)24-10-25-22)13-2-4-14(23)5-3-13/h2-10,12H,11H2,1H3,(H,26,27). The second kappa shape index (κ2) is 8.16. The molecule has 9 heteroatoms. The molecule has 4 aromatic rings. The number of nitrogens with zero attached hydrogens (tertiary/aromatic N) is 2. The summed E-state index contributed by atoms with van der Waals surface area (Å²) >= 11 is 2.85. The van der Waals surface area contributed by atoms with Gasteiger partial charge in [0.1, 0.15) is 22.0 Å². The van der Waals surface area contributed by atoms with E-state index in [1.54, 1.807) is 30.3 Å². The van der Waals surface area contributed by atoms with Crippen LogP contribution < -0.4 is 14.8 Å². The number of carbonyl (C=O) groups excluding carboxylic acids is 1. The Bertz CT molecular complexity index is 1280. The third-order valence-corrected chi connectivity index (χ3v) is 6.78. The molecule has 0 radical (unpaired) electrons. The molecule has 0 bridgehead atoms. The summed E-state index contributed by atoms with van der Waals surface area (Å²) in [5, 5.41) is 6.05. The van der Waals surface area contributed by atoms with Crippen molar-refractivity contribution in [2.24, 2.45) is 0 Å². The molecule has 0 saturated carbocycles. The molecule has 1 N–H and O–H groups in total. The Balaban J connectivity index is 1.39. The highest BCUT2D eigenvalue weighted by Gasteiger charge is 2.21. The average Bonchev–Trinajstić information content (AvgIpc) is 3.41. The van der Waals surface area contributed by atoms with Crippen molar-refractivity contribution < 1.29 is 18.7 Å². The minimum Gasteiger partial charge on any atom is -0.454 e. The third-order valence-electron chi connectivity index (χ3n) is 4.79. The number of hydrogen-bond acceptors (Lipinski definition) is 7. The summed E-state index contributed by atoms with van der Waals surface area (Å²) in [4.78, 5) is 22.4. The number of ether oxygens (including phenoxy) is 2. The quantitative estimate of drug-likeness (QED) is 0.325. The van der Waals surface area contributed by atoms with Gasteiger partial charge in [-0.3, -0.25) is 4.79 Å². The number of aromatic nitrogens is 2. The Kier molecular flexibility index (Phi) is 5.21. The van der Waals surface area contributed by atoms with Crippen LogP contribution in [0.3, 0.4) is 0 Å². The molecule has 2 aromatic heterocycles. The lowest BCUT2D eigenvalue weighted by atomic mass is 10.1. The molecule has 3 heterocycles. The van der Waals surface area contributed by atoms with E-state index in [4.69, 9.17) is 9.47 Å². The maximum absolute atomic E-state index is 13.3. The van der Waals surface area contributed by atoms with Crippen molar-refractivity contribution in [1.29, 1.82) is 0 Å². The predicted molar refractivity (Wildman–Crippen MR) is 119 cm³/mol. The summed E-state index contributed by atoms with van der Waals surface area (Å²) in [5.41, 5.74) is 2.44. The van der Waals surface area contributed by atoms with E-state index < -0.39 is 5.25 Å².